The van der Waals surface area contributed by atoms with E-state index < -0.39 is 5.82 Å². The van der Waals surface area contributed by atoms with E-state index >= 15 is 0 Å². The van der Waals surface area contributed by atoms with Crippen LogP contribution in [-0.2, 0) is 4.79 Å². The Labute approximate surface area is 194 Å². The number of tetrazole rings is 1. The van der Waals surface area contributed by atoms with E-state index in [1.165, 1.54) is 23.9 Å². The van der Waals surface area contributed by atoms with E-state index in [2.05, 4.69) is 26.9 Å². The Bertz CT molecular complexity index is 1390. The third kappa shape index (κ3) is 4.36. The molecule has 0 aliphatic heterocycles. The third-order valence-corrected chi connectivity index (χ3v) is 6.19. The summed E-state index contributed by atoms with van der Waals surface area (Å²) in [6.07, 6.45) is 0. The van der Waals surface area contributed by atoms with Crippen LogP contribution < -0.4 is 5.32 Å². The van der Waals surface area contributed by atoms with E-state index in [0.717, 1.165) is 16.9 Å². The standard InChI is InChI=1S/C23H20FN7OS/c1-14-7-4-5-10-20(14)31-23(27-28-29-31)33-13-21(32)26-22-19(12-25)15(2)16(3)30(22)18-9-6-8-17(24)11-18/h4-11H,13H2,1-3H3,(H,26,32). The van der Waals surface area contributed by atoms with Crippen molar-refractivity contribution in [2.45, 2.75) is 25.9 Å². The molecule has 2 heterocycles. The number of rotatable bonds is 6. The number of carbonyl (C=O) groups excluding carboxylic acids is 1. The van der Waals surface area contributed by atoms with Gasteiger partial charge in [0.25, 0.3) is 0 Å². The molecule has 0 saturated carbocycles. The monoisotopic (exact) mass is 461 g/mol. The molecule has 0 bridgehead atoms. The average Bonchev–Trinajstić information content (AvgIpc) is 3.35. The van der Waals surface area contributed by atoms with Crippen LogP contribution in [-0.4, -0.2) is 36.4 Å². The molecule has 8 nitrogen and oxygen atoms in total. The number of nitriles is 1. The van der Waals surface area contributed by atoms with E-state index in [1.807, 2.05) is 38.1 Å². The fourth-order valence-corrected chi connectivity index (χ4v) is 4.20. The van der Waals surface area contributed by atoms with Crippen molar-refractivity contribution < 1.29 is 9.18 Å². The predicted octanol–water partition coefficient (Wildman–Crippen LogP) is 4.12. The second-order valence-electron chi connectivity index (χ2n) is 7.36. The van der Waals surface area contributed by atoms with Crippen LogP contribution in [0.3, 0.4) is 0 Å². The lowest BCUT2D eigenvalue weighted by molar-refractivity contribution is -0.113. The minimum atomic E-state index is -0.410. The van der Waals surface area contributed by atoms with Crippen LogP contribution in [0, 0.1) is 37.9 Å². The van der Waals surface area contributed by atoms with Gasteiger partial charge in [-0.1, -0.05) is 36.0 Å². The van der Waals surface area contributed by atoms with Crippen molar-refractivity contribution in [3.8, 4) is 17.4 Å². The molecule has 2 aromatic heterocycles. The van der Waals surface area contributed by atoms with Gasteiger partial charge in [-0.15, -0.1) is 5.10 Å². The van der Waals surface area contributed by atoms with E-state index in [-0.39, 0.29) is 11.7 Å². The topological polar surface area (TPSA) is 101 Å². The van der Waals surface area contributed by atoms with Gasteiger partial charge in [-0.3, -0.25) is 9.36 Å². The largest absolute Gasteiger partial charge is 0.310 e. The highest BCUT2D eigenvalue weighted by molar-refractivity contribution is 7.99. The predicted molar refractivity (Wildman–Crippen MR) is 123 cm³/mol. The van der Waals surface area contributed by atoms with Gasteiger partial charge in [0.2, 0.25) is 11.1 Å². The van der Waals surface area contributed by atoms with Crippen molar-refractivity contribution >= 4 is 23.5 Å². The summed E-state index contributed by atoms with van der Waals surface area (Å²) in [4.78, 5) is 12.9. The Morgan fingerprint density at radius 1 is 1.18 bits per heavy atom. The van der Waals surface area contributed by atoms with Crippen molar-refractivity contribution in [3.05, 3.63) is 76.7 Å². The fourth-order valence-electron chi connectivity index (χ4n) is 3.52. The lowest BCUT2D eigenvalue weighted by Gasteiger charge is -2.13. The molecule has 0 spiro atoms. The van der Waals surface area contributed by atoms with Gasteiger partial charge in [-0.25, -0.2) is 4.39 Å². The Hall–Kier alpha value is -3.97. The number of carbonyl (C=O) groups is 1. The first-order chi connectivity index (χ1) is 15.9. The number of para-hydroxylation sites is 1. The average molecular weight is 462 g/mol. The highest BCUT2D eigenvalue weighted by atomic mass is 32.2. The zero-order valence-electron chi connectivity index (χ0n) is 18.2. The van der Waals surface area contributed by atoms with Crippen LogP contribution in [0.4, 0.5) is 10.2 Å². The summed E-state index contributed by atoms with van der Waals surface area (Å²) in [6.45, 7) is 5.57. The van der Waals surface area contributed by atoms with Crippen molar-refractivity contribution in [2.24, 2.45) is 0 Å². The molecule has 33 heavy (non-hydrogen) atoms. The number of halogens is 1. The molecule has 4 rings (SSSR count). The van der Waals surface area contributed by atoms with Gasteiger partial charge in [0.15, 0.2) is 0 Å². The number of hydrogen-bond donors (Lipinski definition) is 1. The summed E-state index contributed by atoms with van der Waals surface area (Å²) in [5.41, 5.74) is 4.12. The molecule has 10 heteroatoms. The zero-order valence-corrected chi connectivity index (χ0v) is 19.0. The summed E-state index contributed by atoms with van der Waals surface area (Å²) in [5, 5.41) is 24.8. The Balaban J connectivity index is 1.59. The molecular weight excluding hydrogens is 441 g/mol. The molecule has 166 valence electrons. The Kier molecular flexibility index (Phi) is 6.24. The van der Waals surface area contributed by atoms with E-state index in [4.69, 9.17) is 0 Å². The van der Waals surface area contributed by atoms with Crippen LogP contribution in [0.25, 0.3) is 11.4 Å². The van der Waals surface area contributed by atoms with Crippen molar-refractivity contribution in [3.63, 3.8) is 0 Å². The lowest BCUT2D eigenvalue weighted by Crippen LogP contribution is -2.18. The normalized spacial score (nSPS) is 10.8. The number of thioether (sulfide) groups is 1. The lowest BCUT2D eigenvalue weighted by atomic mass is 10.2. The molecule has 1 amide bonds. The SMILES string of the molecule is Cc1ccccc1-n1nnnc1SCC(=O)Nc1c(C#N)c(C)c(C)n1-c1cccc(F)c1. The van der Waals surface area contributed by atoms with Crippen LogP contribution >= 0.6 is 11.8 Å². The van der Waals surface area contributed by atoms with Gasteiger partial charge in [0.1, 0.15) is 17.7 Å². The van der Waals surface area contributed by atoms with E-state index in [0.29, 0.717) is 27.8 Å². The minimum Gasteiger partial charge on any atom is -0.310 e. The molecule has 0 saturated heterocycles. The number of benzene rings is 2. The Morgan fingerprint density at radius 2 is 1.97 bits per heavy atom. The molecule has 0 radical (unpaired) electrons. The van der Waals surface area contributed by atoms with E-state index in [9.17, 15) is 14.4 Å². The summed E-state index contributed by atoms with van der Waals surface area (Å²) in [6, 6.07) is 15.8. The maximum absolute atomic E-state index is 13.9. The minimum absolute atomic E-state index is 0.0174. The molecule has 0 unspecified atom stereocenters. The number of nitrogens with zero attached hydrogens (tertiary/aromatic N) is 6. The van der Waals surface area contributed by atoms with Crippen LogP contribution in [0.15, 0.2) is 53.7 Å². The molecule has 4 aromatic rings. The van der Waals surface area contributed by atoms with E-state index in [1.54, 1.807) is 28.3 Å². The second-order valence-corrected chi connectivity index (χ2v) is 8.30. The molecular formula is C23H20FN7OS. The van der Waals surface area contributed by atoms with Crippen molar-refractivity contribution in [1.29, 1.82) is 5.26 Å². The first kappa shape index (κ1) is 22.2. The zero-order chi connectivity index (χ0) is 23.5. The maximum atomic E-state index is 13.9. The van der Waals surface area contributed by atoms with Crippen LogP contribution in [0.5, 0.6) is 0 Å². The number of nitrogens with one attached hydrogen (secondary N) is 1. The molecule has 2 aromatic carbocycles. The third-order valence-electron chi connectivity index (χ3n) is 5.27. The molecule has 0 atom stereocenters. The highest BCUT2D eigenvalue weighted by Gasteiger charge is 2.21. The molecule has 0 aliphatic rings. The number of aryl methyl sites for hydroxylation is 1. The summed E-state index contributed by atoms with van der Waals surface area (Å²) < 4.78 is 17.1. The first-order valence-corrected chi connectivity index (χ1v) is 11.0. The first-order valence-electron chi connectivity index (χ1n) is 10.1. The molecule has 1 N–H and O–H groups in total. The van der Waals surface area contributed by atoms with Gasteiger partial charge in [-0.2, -0.15) is 9.94 Å². The fraction of sp³-hybridized carbons (Fsp3) is 0.174. The van der Waals surface area contributed by atoms with Gasteiger partial charge in [0.05, 0.1) is 22.7 Å². The number of amides is 1. The van der Waals surface area contributed by atoms with Gasteiger partial charge in [-0.05, 0) is 66.6 Å². The quantitative estimate of drug-likeness (QED) is 0.434. The van der Waals surface area contributed by atoms with Gasteiger partial charge in [0, 0.05) is 5.69 Å². The number of aromatic nitrogens is 5. The van der Waals surface area contributed by atoms with Gasteiger partial charge < -0.3 is 5.32 Å². The van der Waals surface area contributed by atoms with Crippen LogP contribution in [0.2, 0.25) is 0 Å². The van der Waals surface area contributed by atoms with Crippen molar-refractivity contribution in [2.75, 3.05) is 11.1 Å². The van der Waals surface area contributed by atoms with Crippen molar-refractivity contribution in [1.82, 2.24) is 24.8 Å². The second kappa shape index (κ2) is 9.26. The smallest absolute Gasteiger partial charge is 0.236 e. The van der Waals surface area contributed by atoms with Gasteiger partial charge >= 0.3 is 0 Å². The summed E-state index contributed by atoms with van der Waals surface area (Å²) >= 11 is 1.18. The summed E-state index contributed by atoms with van der Waals surface area (Å²) in [7, 11) is 0. The highest BCUT2D eigenvalue weighted by Crippen LogP contribution is 2.30. The number of hydrogen-bond acceptors (Lipinski definition) is 6. The maximum Gasteiger partial charge on any atom is 0.236 e. The summed E-state index contributed by atoms with van der Waals surface area (Å²) in [5.74, 6) is -0.426. The number of anilines is 1. The Morgan fingerprint density at radius 3 is 2.70 bits per heavy atom. The molecule has 0 fully saturated rings. The van der Waals surface area contributed by atoms with Crippen LogP contribution in [0.1, 0.15) is 22.4 Å². The molecule has 0 aliphatic carbocycles.